The van der Waals surface area contributed by atoms with Crippen molar-refractivity contribution in [2.75, 3.05) is 13.2 Å². The molecule has 0 aromatic heterocycles. The van der Waals surface area contributed by atoms with Gasteiger partial charge in [-0.25, -0.2) is 0 Å². The minimum atomic E-state index is 0.171. The number of nitrogens with one attached hydrogen (secondary N) is 1. The Balaban J connectivity index is 1.80. The zero-order valence-electron chi connectivity index (χ0n) is 11.6. The highest BCUT2D eigenvalue weighted by Crippen LogP contribution is 2.35. The second kappa shape index (κ2) is 6.19. The van der Waals surface area contributed by atoms with Crippen LogP contribution in [0, 0.1) is 5.92 Å². The van der Waals surface area contributed by atoms with Crippen molar-refractivity contribution in [1.82, 2.24) is 5.32 Å². The van der Waals surface area contributed by atoms with Crippen molar-refractivity contribution in [3.05, 3.63) is 0 Å². The summed E-state index contributed by atoms with van der Waals surface area (Å²) in [6.07, 6.45) is 10.4. The molecule has 100 valence electrons. The molecule has 17 heavy (non-hydrogen) atoms. The summed E-state index contributed by atoms with van der Waals surface area (Å²) in [4.78, 5) is 0. The van der Waals surface area contributed by atoms with Crippen LogP contribution in [0.4, 0.5) is 0 Å². The predicted octanol–water partition coefficient (Wildman–Crippen LogP) is 3.50. The van der Waals surface area contributed by atoms with E-state index >= 15 is 0 Å². The Hall–Kier alpha value is -0.0800. The van der Waals surface area contributed by atoms with Gasteiger partial charge in [0, 0.05) is 19.2 Å². The van der Waals surface area contributed by atoms with Crippen molar-refractivity contribution in [3.8, 4) is 0 Å². The topological polar surface area (TPSA) is 21.3 Å². The summed E-state index contributed by atoms with van der Waals surface area (Å²) < 4.78 is 6.28. The molecule has 0 bridgehead atoms. The number of unbranched alkanes of at least 4 members (excludes halogenated alkanes) is 1. The Kier molecular flexibility index (Phi) is 4.87. The molecular formula is C15H29NO. The molecule has 0 radical (unpaired) electrons. The molecule has 2 nitrogen and oxygen atoms in total. The van der Waals surface area contributed by atoms with Crippen molar-refractivity contribution in [2.24, 2.45) is 5.92 Å². The third-order valence-corrected chi connectivity index (χ3v) is 4.38. The van der Waals surface area contributed by atoms with Crippen molar-refractivity contribution < 1.29 is 4.74 Å². The van der Waals surface area contributed by atoms with E-state index in [0.29, 0.717) is 0 Å². The normalized spacial score (nSPS) is 33.9. The van der Waals surface area contributed by atoms with Gasteiger partial charge in [-0.1, -0.05) is 20.3 Å². The summed E-state index contributed by atoms with van der Waals surface area (Å²) in [6, 6.07) is 0.806. The lowest BCUT2D eigenvalue weighted by molar-refractivity contribution is -0.0762. The third kappa shape index (κ3) is 4.26. The first kappa shape index (κ1) is 13.4. The molecule has 0 spiro atoms. The summed E-state index contributed by atoms with van der Waals surface area (Å²) in [6.45, 7) is 6.66. The van der Waals surface area contributed by atoms with Crippen LogP contribution in [0.15, 0.2) is 0 Å². The first-order chi connectivity index (χ1) is 8.24. The second-order valence-electron chi connectivity index (χ2n) is 6.22. The number of ether oxygens (including phenoxy) is 1. The van der Waals surface area contributed by atoms with Crippen LogP contribution in [-0.2, 0) is 4.74 Å². The molecule has 2 fully saturated rings. The molecule has 0 aromatic rings. The SMILES string of the molecule is CCCCOC1(CNC2CC2)CCC(C)CC1. The monoisotopic (exact) mass is 239 g/mol. The largest absolute Gasteiger partial charge is 0.374 e. The van der Waals surface area contributed by atoms with E-state index < -0.39 is 0 Å². The minimum Gasteiger partial charge on any atom is -0.374 e. The van der Waals surface area contributed by atoms with E-state index in [1.54, 1.807) is 0 Å². The minimum absolute atomic E-state index is 0.171. The first-order valence-corrected chi connectivity index (χ1v) is 7.61. The fourth-order valence-electron chi connectivity index (χ4n) is 2.71. The maximum Gasteiger partial charge on any atom is 0.0806 e. The van der Waals surface area contributed by atoms with E-state index in [2.05, 4.69) is 19.2 Å². The summed E-state index contributed by atoms with van der Waals surface area (Å²) in [7, 11) is 0. The molecule has 1 N–H and O–H groups in total. The molecule has 2 heteroatoms. The lowest BCUT2D eigenvalue weighted by Crippen LogP contribution is -2.46. The van der Waals surface area contributed by atoms with Crippen molar-refractivity contribution in [1.29, 1.82) is 0 Å². The lowest BCUT2D eigenvalue weighted by atomic mass is 9.79. The number of hydrogen-bond acceptors (Lipinski definition) is 2. The van der Waals surface area contributed by atoms with Crippen molar-refractivity contribution >= 4 is 0 Å². The molecule has 0 unspecified atom stereocenters. The molecule has 0 amide bonds. The average molecular weight is 239 g/mol. The zero-order chi connectivity index (χ0) is 12.1. The summed E-state index contributed by atoms with van der Waals surface area (Å²) in [5, 5.41) is 3.68. The smallest absolute Gasteiger partial charge is 0.0806 e. The molecular weight excluding hydrogens is 210 g/mol. The Morgan fingerprint density at radius 1 is 1.18 bits per heavy atom. The Bertz CT molecular complexity index is 217. The Morgan fingerprint density at radius 2 is 1.88 bits per heavy atom. The van der Waals surface area contributed by atoms with Gasteiger partial charge in [-0.2, -0.15) is 0 Å². The van der Waals surface area contributed by atoms with Crippen LogP contribution >= 0.6 is 0 Å². The summed E-state index contributed by atoms with van der Waals surface area (Å²) in [5.74, 6) is 0.902. The first-order valence-electron chi connectivity index (χ1n) is 7.61. The molecule has 2 saturated carbocycles. The fourth-order valence-corrected chi connectivity index (χ4v) is 2.71. The van der Waals surface area contributed by atoms with Crippen LogP contribution < -0.4 is 5.32 Å². The third-order valence-electron chi connectivity index (χ3n) is 4.38. The van der Waals surface area contributed by atoms with Gasteiger partial charge in [0.1, 0.15) is 0 Å². The highest BCUT2D eigenvalue weighted by atomic mass is 16.5. The molecule has 0 saturated heterocycles. The average Bonchev–Trinajstić information content (AvgIpc) is 3.15. The fraction of sp³-hybridized carbons (Fsp3) is 1.00. The van der Waals surface area contributed by atoms with Gasteiger partial charge in [0.15, 0.2) is 0 Å². The summed E-state index contributed by atoms with van der Waals surface area (Å²) in [5.41, 5.74) is 0.171. The van der Waals surface area contributed by atoms with Crippen LogP contribution in [0.25, 0.3) is 0 Å². The van der Waals surface area contributed by atoms with Crippen LogP contribution in [0.5, 0.6) is 0 Å². The molecule has 0 atom stereocenters. The van der Waals surface area contributed by atoms with Gasteiger partial charge in [0.05, 0.1) is 5.60 Å². The molecule has 2 aliphatic rings. The Labute approximate surface area is 107 Å². The molecule has 0 aliphatic heterocycles. The van der Waals surface area contributed by atoms with Gasteiger partial charge in [-0.3, -0.25) is 0 Å². The molecule has 0 heterocycles. The highest BCUT2D eigenvalue weighted by Gasteiger charge is 2.36. The van der Waals surface area contributed by atoms with Gasteiger partial charge < -0.3 is 10.1 Å². The van der Waals surface area contributed by atoms with E-state index in [0.717, 1.165) is 25.1 Å². The molecule has 2 rings (SSSR count). The number of hydrogen-bond donors (Lipinski definition) is 1. The van der Waals surface area contributed by atoms with Crippen LogP contribution in [0.2, 0.25) is 0 Å². The standard InChI is InChI=1S/C15H29NO/c1-3-4-11-17-15(12-16-14-5-6-14)9-7-13(2)8-10-15/h13-14,16H,3-12H2,1-2H3. The maximum atomic E-state index is 6.28. The highest BCUT2D eigenvalue weighted by molar-refractivity contribution is 4.92. The van der Waals surface area contributed by atoms with E-state index in [9.17, 15) is 0 Å². The predicted molar refractivity (Wildman–Crippen MR) is 72.2 cm³/mol. The van der Waals surface area contributed by atoms with Gasteiger partial charge in [0.2, 0.25) is 0 Å². The van der Waals surface area contributed by atoms with Gasteiger partial charge >= 0.3 is 0 Å². The van der Waals surface area contributed by atoms with E-state index in [-0.39, 0.29) is 5.60 Å². The lowest BCUT2D eigenvalue weighted by Gasteiger charge is -2.39. The number of rotatable bonds is 7. The quantitative estimate of drug-likeness (QED) is 0.687. The molecule has 0 aromatic carbocycles. The maximum absolute atomic E-state index is 6.28. The van der Waals surface area contributed by atoms with Crippen molar-refractivity contribution in [3.63, 3.8) is 0 Å². The van der Waals surface area contributed by atoms with Crippen LogP contribution in [-0.4, -0.2) is 24.8 Å². The van der Waals surface area contributed by atoms with E-state index in [1.807, 2.05) is 0 Å². The Morgan fingerprint density at radius 3 is 2.47 bits per heavy atom. The van der Waals surface area contributed by atoms with Gasteiger partial charge in [-0.05, 0) is 50.9 Å². The van der Waals surface area contributed by atoms with Gasteiger partial charge in [0.25, 0.3) is 0 Å². The van der Waals surface area contributed by atoms with Gasteiger partial charge in [-0.15, -0.1) is 0 Å². The summed E-state index contributed by atoms with van der Waals surface area (Å²) >= 11 is 0. The van der Waals surface area contributed by atoms with Crippen molar-refractivity contribution in [2.45, 2.75) is 76.9 Å². The van der Waals surface area contributed by atoms with Crippen LogP contribution in [0.3, 0.4) is 0 Å². The zero-order valence-corrected chi connectivity index (χ0v) is 11.6. The van der Waals surface area contributed by atoms with Crippen LogP contribution in [0.1, 0.15) is 65.2 Å². The molecule has 2 aliphatic carbocycles. The van der Waals surface area contributed by atoms with E-state index in [4.69, 9.17) is 4.74 Å². The van der Waals surface area contributed by atoms with E-state index in [1.165, 1.54) is 51.4 Å². The second-order valence-corrected chi connectivity index (χ2v) is 6.22.